The summed E-state index contributed by atoms with van der Waals surface area (Å²) in [5, 5.41) is 0. The molecule has 0 amide bonds. The second-order valence-corrected chi connectivity index (χ2v) is 11.2. The fourth-order valence-electron chi connectivity index (χ4n) is 5.08. The predicted octanol–water partition coefficient (Wildman–Crippen LogP) is 12.3. The number of hydrogen-bond acceptors (Lipinski definition) is 2. The molecule has 0 aliphatic heterocycles. The minimum Gasteiger partial charge on any atom is -0.252 e. The highest BCUT2D eigenvalue weighted by Crippen LogP contribution is 2.25. The number of aliphatic imine (C=N–C) groups is 2. The Morgan fingerprint density at radius 3 is 1.82 bits per heavy atom. The lowest BCUT2D eigenvalue weighted by Crippen LogP contribution is -2.14. The summed E-state index contributed by atoms with van der Waals surface area (Å²) >= 11 is 0. The zero-order chi connectivity index (χ0) is 28.8. The van der Waals surface area contributed by atoms with Crippen LogP contribution < -0.4 is 0 Å². The summed E-state index contributed by atoms with van der Waals surface area (Å²) in [6.07, 6.45) is 24.9. The second-order valence-electron chi connectivity index (χ2n) is 11.2. The number of hydrogen-bond donors (Lipinski definition) is 0. The van der Waals surface area contributed by atoms with Crippen LogP contribution in [0.15, 0.2) is 64.6 Å². The monoisotopic (exact) mass is 542 g/mol. The van der Waals surface area contributed by atoms with Crippen molar-refractivity contribution in [1.82, 2.24) is 0 Å². The first-order valence-corrected chi connectivity index (χ1v) is 16.7. The fraction of sp³-hybridized carbons (Fsp3) is 0.579. The zero-order valence-corrected chi connectivity index (χ0v) is 26.6. The van der Waals surface area contributed by atoms with Crippen molar-refractivity contribution in [1.29, 1.82) is 0 Å². The SMILES string of the molecule is CCCCCCCCC=CCCc1ccccc1N=C(CCCC)C(CCCC)=Nc1cc(CC)cc(CC)c1. The number of allylic oxidation sites excluding steroid dienone is 2. The molecule has 0 atom stereocenters. The van der Waals surface area contributed by atoms with Crippen LogP contribution in [0.2, 0.25) is 0 Å². The molecule has 0 saturated carbocycles. The van der Waals surface area contributed by atoms with Gasteiger partial charge in [-0.25, -0.2) is 0 Å². The van der Waals surface area contributed by atoms with Gasteiger partial charge in [0.2, 0.25) is 0 Å². The molecule has 0 aromatic heterocycles. The van der Waals surface area contributed by atoms with Crippen LogP contribution >= 0.6 is 0 Å². The summed E-state index contributed by atoms with van der Waals surface area (Å²) in [5.74, 6) is 0. The molecule has 0 aliphatic carbocycles. The third kappa shape index (κ3) is 13.2. The quantitative estimate of drug-likeness (QED) is 0.0851. The Labute approximate surface area is 247 Å². The van der Waals surface area contributed by atoms with Crippen molar-refractivity contribution in [3.05, 3.63) is 71.3 Å². The molecule has 2 nitrogen and oxygen atoms in total. The van der Waals surface area contributed by atoms with Gasteiger partial charge in [-0.05, 0) is 99.1 Å². The highest BCUT2D eigenvalue weighted by molar-refractivity contribution is 6.43. The van der Waals surface area contributed by atoms with Gasteiger partial charge in [0.25, 0.3) is 0 Å². The van der Waals surface area contributed by atoms with E-state index in [1.165, 1.54) is 73.1 Å². The molecule has 2 heteroatoms. The predicted molar refractivity (Wildman–Crippen MR) is 180 cm³/mol. The average molecular weight is 543 g/mol. The van der Waals surface area contributed by atoms with Crippen LogP contribution in [-0.4, -0.2) is 11.4 Å². The minimum atomic E-state index is 0.986. The van der Waals surface area contributed by atoms with Gasteiger partial charge in [-0.15, -0.1) is 0 Å². The highest BCUT2D eigenvalue weighted by atomic mass is 14.8. The molecule has 2 aromatic carbocycles. The standard InChI is InChI=1S/C38H58N2/c1-6-11-14-15-16-17-18-19-20-21-24-34-25-22-23-28-36(34)40-38(27-13-8-3)37(26-12-7-2)39-35-30-32(9-4)29-33(10-5)31-35/h19-20,22-23,25,28-31H,6-18,21,24,26-27H2,1-5H3. The number of para-hydroxylation sites is 1. The van der Waals surface area contributed by atoms with E-state index >= 15 is 0 Å². The van der Waals surface area contributed by atoms with Gasteiger partial charge in [-0.3, -0.25) is 9.98 Å². The lowest BCUT2D eigenvalue weighted by Gasteiger charge is -2.13. The smallest absolute Gasteiger partial charge is 0.0665 e. The molecule has 0 unspecified atom stereocenters. The van der Waals surface area contributed by atoms with Gasteiger partial charge in [0, 0.05) is 0 Å². The summed E-state index contributed by atoms with van der Waals surface area (Å²) < 4.78 is 0. The van der Waals surface area contributed by atoms with Crippen LogP contribution in [0.25, 0.3) is 0 Å². The van der Waals surface area contributed by atoms with Gasteiger partial charge in [0.1, 0.15) is 0 Å². The summed E-state index contributed by atoms with van der Waals surface area (Å²) in [7, 11) is 0. The van der Waals surface area contributed by atoms with E-state index in [0.29, 0.717) is 0 Å². The van der Waals surface area contributed by atoms with Crippen LogP contribution in [0.1, 0.15) is 141 Å². The molecular formula is C38H58N2. The molecule has 0 fully saturated rings. The van der Waals surface area contributed by atoms with Gasteiger partial charge in [-0.1, -0.05) is 116 Å². The molecule has 0 bridgehead atoms. The first kappa shape index (κ1) is 33.7. The van der Waals surface area contributed by atoms with Crippen molar-refractivity contribution in [2.75, 3.05) is 0 Å². The molecule has 40 heavy (non-hydrogen) atoms. The largest absolute Gasteiger partial charge is 0.252 e. The summed E-state index contributed by atoms with van der Waals surface area (Å²) in [6, 6.07) is 15.6. The molecule has 0 N–H and O–H groups in total. The Morgan fingerprint density at radius 1 is 0.600 bits per heavy atom. The van der Waals surface area contributed by atoms with Crippen molar-refractivity contribution in [3.63, 3.8) is 0 Å². The number of unbranched alkanes of at least 4 members (excludes halogenated alkanes) is 8. The minimum absolute atomic E-state index is 0.986. The normalized spacial score (nSPS) is 12.5. The molecule has 0 spiro atoms. The Kier molecular flexibility index (Phi) is 18.0. The lowest BCUT2D eigenvalue weighted by molar-refractivity contribution is 0.611. The van der Waals surface area contributed by atoms with E-state index in [0.717, 1.165) is 75.6 Å². The Balaban J connectivity index is 2.24. The topological polar surface area (TPSA) is 24.7 Å². The molecular weight excluding hydrogens is 484 g/mol. The number of nitrogens with zero attached hydrogens (tertiary/aromatic N) is 2. The van der Waals surface area contributed by atoms with Gasteiger partial charge in [-0.2, -0.15) is 0 Å². The molecule has 0 radical (unpaired) electrons. The van der Waals surface area contributed by atoms with Crippen molar-refractivity contribution in [2.45, 2.75) is 144 Å². The summed E-state index contributed by atoms with van der Waals surface area (Å²) in [5.41, 5.74) is 8.66. The van der Waals surface area contributed by atoms with E-state index in [4.69, 9.17) is 9.98 Å². The number of aryl methyl sites for hydroxylation is 3. The van der Waals surface area contributed by atoms with Crippen molar-refractivity contribution in [2.24, 2.45) is 9.98 Å². The van der Waals surface area contributed by atoms with Crippen LogP contribution in [0, 0.1) is 0 Å². The molecule has 0 saturated heterocycles. The van der Waals surface area contributed by atoms with E-state index in [2.05, 4.69) is 89.2 Å². The Hall–Kier alpha value is -2.48. The van der Waals surface area contributed by atoms with E-state index in [1.807, 2.05) is 0 Å². The molecule has 2 aromatic rings. The van der Waals surface area contributed by atoms with Crippen molar-refractivity contribution >= 4 is 22.8 Å². The number of rotatable bonds is 21. The van der Waals surface area contributed by atoms with E-state index in [1.54, 1.807) is 0 Å². The third-order valence-corrected chi connectivity index (χ3v) is 7.70. The first-order chi connectivity index (χ1) is 19.6. The van der Waals surface area contributed by atoms with Crippen molar-refractivity contribution < 1.29 is 0 Å². The van der Waals surface area contributed by atoms with Gasteiger partial charge in [0.15, 0.2) is 0 Å². The Morgan fingerprint density at radius 2 is 1.18 bits per heavy atom. The van der Waals surface area contributed by atoms with Gasteiger partial charge in [0.05, 0.1) is 22.8 Å². The van der Waals surface area contributed by atoms with Crippen LogP contribution in [0.4, 0.5) is 11.4 Å². The molecule has 2 rings (SSSR count). The average Bonchev–Trinajstić information content (AvgIpc) is 2.98. The Bertz CT molecular complexity index is 1020. The van der Waals surface area contributed by atoms with E-state index < -0.39 is 0 Å². The fourth-order valence-corrected chi connectivity index (χ4v) is 5.08. The molecule has 220 valence electrons. The van der Waals surface area contributed by atoms with Crippen LogP contribution in [-0.2, 0) is 19.3 Å². The van der Waals surface area contributed by atoms with Crippen LogP contribution in [0.3, 0.4) is 0 Å². The van der Waals surface area contributed by atoms with Crippen molar-refractivity contribution in [3.8, 4) is 0 Å². The van der Waals surface area contributed by atoms with Crippen LogP contribution in [0.5, 0.6) is 0 Å². The molecule has 0 aliphatic rings. The maximum Gasteiger partial charge on any atom is 0.0665 e. The van der Waals surface area contributed by atoms with E-state index in [-0.39, 0.29) is 0 Å². The van der Waals surface area contributed by atoms with Gasteiger partial charge < -0.3 is 0 Å². The maximum atomic E-state index is 5.36. The highest BCUT2D eigenvalue weighted by Gasteiger charge is 2.12. The maximum absolute atomic E-state index is 5.36. The zero-order valence-electron chi connectivity index (χ0n) is 26.6. The lowest BCUT2D eigenvalue weighted by atomic mass is 10.0. The second kappa shape index (κ2) is 21.3. The first-order valence-electron chi connectivity index (χ1n) is 16.7. The molecule has 0 heterocycles. The summed E-state index contributed by atoms with van der Waals surface area (Å²) in [4.78, 5) is 10.7. The third-order valence-electron chi connectivity index (χ3n) is 7.70. The number of benzene rings is 2. The summed E-state index contributed by atoms with van der Waals surface area (Å²) in [6.45, 7) is 11.3. The van der Waals surface area contributed by atoms with E-state index in [9.17, 15) is 0 Å². The van der Waals surface area contributed by atoms with Gasteiger partial charge >= 0.3 is 0 Å².